The van der Waals surface area contributed by atoms with Crippen LogP contribution in [0.4, 0.5) is 13.6 Å². The van der Waals surface area contributed by atoms with E-state index in [0.29, 0.717) is 0 Å². The van der Waals surface area contributed by atoms with E-state index < -0.39 is 48.0 Å². The third-order valence-corrected chi connectivity index (χ3v) is 3.90. The van der Waals surface area contributed by atoms with Crippen molar-refractivity contribution in [2.45, 2.75) is 58.6 Å². The molecule has 0 saturated carbocycles. The van der Waals surface area contributed by atoms with Crippen LogP contribution in [-0.2, 0) is 14.3 Å². The Hall–Kier alpha value is -1.91. The molecule has 0 aromatic carbocycles. The molecule has 1 unspecified atom stereocenters. The first-order valence-corrected chi connectivity index (χ1v) is 7.34. The Morgan fingerprint density at radius 3 is 2.35 bits per heavy atom. The van der Waals surface area contributed by atoms with Gasteiger partial charge in [0.15, 0.2) is 0 Å². The number of likely N-dealkylation sites (tertiary alicyclic amines) is 1. The SMILES string of the molecule is CCOC(=O)C(F)(F)C1(CC#N)CN(C(=O)OC(C)(C)C)[C@H]1C. The molecule has 2 atom stereocenters. The van der Waals surface area contributed by atoms with Crippen molar-refractivity contribution in [3.8, 4) is 6.07 Å². The molecule has 8 heteroatoms. The molecule has 1 aliphatic heterocycles. The van der Waals surface area contributed by atoms with E-state index in [2.05, 4.69) is 4.74 Å². The predicted octanol–water partition coefficient (Wildman–Crippen LogP) is 2.72. The largest absolute Gasteiger partial charge is 0.462 e. The second-order valence-corrected chi connectivity index (χ2v) is 6.57. The van der Waals surface area contributed by atoms with Crippen molar-refractivity contribution in [3.63, 3.8) is 0 Å². The maximum absolute atomic E-state index is 14.5. The zero-order chi connectivity index (χ0) is 18.1. The highest BCUT2D eigenvalue weighted by atomic mass is 19.3. The molecule has 1 fully saturated rings. The van der Waals surface area contributed by atoms with Crippen LogP contribution in [0.3, 0.4) is 0 Å². The standard InChI is InChI=1S/C15H22F2N2O4/c1-6-22-11(20)15(16,17)14(7-8-18)9-19(10(14)2)12(21)23-13(3,4)5/h10H,6-7,9H2,1-5H3/t10-,14?/m0/s1. The van der Waals surface area contributed by atoms with Crippen LogP contribution < -0.4 is 0 Å². The van der Waals surface area contributed by atoms with Crippen LogP contribution in [0.25, 0.3) is 0 Å². The maximum atomic E-state index is 14.5. The molecular weight excluding hydrogens is 310 g/mol. The second-order valence-electron chi connectivity index (χ2n) is 6.57. The molecule has 6 nitrogen and oxygen atoms in total. The fourth-order valence-corrected chi connectivity index (χ4v) is 2.54. The van der Waals surface area contributed by atoms with Gasteiger partial charge in [-0.2, -0.15) is 14.0 Å². The molecule has 1 amide bonds. The van der Waals surface area contributed by atoms with Gasteiger partial charge in [-0.25, -0.2) is 9.59 Å². The number of ether oxygens (including phenoxy) is 2. The van der Waals surface area contributed by atoms with Crippen LogP contribution in [0.2, 0.25) is 0 Å². The molecule has 1 heterocycles. The van der Waals surface area contributed by atoms with Crippen LogP contribution in [0.5, 0.6) is 0 Å². The van der Waals surface area contributed by atoms with Gasteiger partial charge in [0.2, 0.25) is 0 Å². The summed E-state index contributed by atoms with van der Waals surface area (Å²) in [4.78, 5) is 24.7. The van der Waals surface area contributed by atoms with Crippen LogP contribution >= 0.6 is 0 Å². The first-order chi connectivity index (χ1) is 10.4. The van der Waals surface area contributed by atoms with Crippen LogP contribution in [-0.4, -0.2) is 47.7 Å². The fraction of sp³-hybridized carbons (Fsp3) is 0.800. The van der Waals surface area contributed by atoms with Crippen LogP contribution in [0.1, 0.15) is 41.0 Å². The van der Waals surface area contributed by atoms with E-state index in [-0.39, 0.29) is 6.61 Å². The number of amides is 1. The van der Waals surface area contributed by atoms with Crippen LogP contribution in [0, 0.1) is 16.7 Å². The lowest BCUT2D eigenvalue weighted by Gasteiger charge is -2.56. The van der Waals surface area contributed by atoms with E-state index in [9.17, 15) is 18.4 Å². The molecule has 1 rings (SSSR count). The summed E-state index contributed by atoms with van der Waals surface area (Å²) in [5.74, 6) is -5.54. The second kappa shape index (κ2) is 6.30. The Kier molecular flexibility index (Phi) is 5.24. The summed E-state index contributed by atoms with van der Waals surface area (Å²) in [5, 5.41) is 8.90. The van der Waals surface area contributed by atoms with Crippen molar-refractivity contribution in [1.82, 2.24) is 4.90 Å². The van der Waals surface area contributed by atoms with E-state index in [0.717, 1.165) is 4.90 Å². The van der Waals surface area contributed by atoms with E-state index in [4.69, 9.17) is 10.00 Å². The average Bonchev–Trinajstić information content (AvgIpc) is 2.40. The van der Waals surface area contributed by atoms with Crippen LogP contribution in [0.15, 0.2) is 0 Å². The Labute approximate surface area is 134 Å². The third kappa shape index (κ3) is 3.38. The summed E-state index contributed by atoms with van der Waals surface area (Å²) >= 11 is 0. The number of rotatable bonds is 4. The number of nitrogens with zero attached hydrogens (tertiary/aromatic N) is 2. The summed E-state index contributed by atoms with van der Waals surface area (Å²) in [5.41, 5.74) is -2.74. The number of nitriles is 1. The minimum Gasteiger partial charge on any atom is -0.462 e. The molecule has 0 N–H and O–H groups in total. The van der Waals surface area contributed by atoms with Crippen molar-refractivity contribution < 1.29 is 27.8 Å². The van der Waals surface area contributed by atoms with Gasteiger partial charge in [0, 0.05) is 12.6 Å². The van der Waals surface area contributed by atoms with Crippen molar-refractivity contribution >= 4 is 12.1 Å². The number of hydrogen-bond donors (Lipinski definition) is 0. The van der Waals surface area contributed by atoms with Gasteiger partial charge in [-0.05, 0) is 34.6 Å². The molecule has 0 bridgehead atoms. The first-order valence-electron chi connectivity index (χ1n) is 7.34. The quantitative estimate of drug-likeness (QED) is 0.740. The van der Waals surface area contributed by atoms with E-state index in [1.165, 1.54) is 13.8 Å². The van der Waals surface area contributed by atoms with Gasteiger partial charge in [-0.3, -0.25) is 0 Å². The van der Waals surface area contributed by atoms with E-state index in [1.54, 1.807) is 26.8 Å². The third-order valence-electron chi connectivity index (χ3n) is 3.90. The zero-order valence-electron chi connectivity index (χ0n) is 14.0. The lowest BCUT2D eigenvalue weighted by atomic mass is 9.65. The maximum Gasteiger partial charge on any atom is 0.410 e. The Morgan fingerprint density at radius 2 is 1.96 bits per heavy atom. The van der Waals surface area contributed by atoms with Gasteiger partial charge < -0.3 is 14.4 Å². The Morgan fingerprint density at radius 1 is 1.39 bits per heavy atom. The van der Waals surface area contributed by atoms with Crippen molar-refractivity contribution in [1.29, 1.82) is 5.26 Å². The minimum absolute atomic E-state index is 0.193. The van der Waals surface area contributed by atoms with Crippen molar-refractivity contribution in [2.75, 3.05) is 13.2 Å². The summed E-state index contributed by atoms with van der Waals surface area (Å²) in [6.07, 6.45) is -1.32. The number of halogens is 2. The molecule has 1 saturated heterocycles. The number of esters is 1. The number of carbonyl (C=O) groups excluding carboxylic acids is 2. The molecule has 0 aromatic heterocycles. The zero-order valence-corrected chi connectivity index (χ0v) is 14.0. The number of alkyl halides is 2. The smallest absolute Gasteiger partial charge is 0.410 e. The predicted molar refractivity (Wildman–Crippen MR) is 76.6 cm³/mol. The summed E-state index contributed by atoms with van der Waals surface area (Å²) < 4.78 is 38.6. The lowest BCUT2D eigenvalue weighted by molar-refractivity contribution is -0.229. The van der Waals surface area contributed by atoms with Crippen molar-refractivity contribution in [3.05, 3.63) is 0 Å². The van der Waals surface area contributed by atoms with Gasteiger partial charge in [0.25, 0.3) is 0 Å². The van der Waals surface area contributed by atoms with E-state index in [1.807, 2.05) is 0 Å². The minimum atomic E-state index is -3.86. The fourth-order valence-electron chi connectivity index (χ4n) is 2.54. The summed E-state index contributed by atoms with van der Waals surface area (Å²) in [7, 11) is 0. The molecule has 0 aromatic rings. The van der Waals surface area contributed by atoms with Gasteiger partial charge in [0.05, 0.1) is 24.5 Å². The normalized spacial score (nSPS) is 24.4. The lowest BCUT2D eigenvalue weighted by Crippen LogP contribution is -2.73. The highest BCUT2D eigenvalue weighted by molar-refractivity contribution is 5.80. The highest BCUT2D eigenvalue weighted by Crippen LogP contribution is 2.52. The molecule has 130 valence electrons. The molecule has 0 aliphatic carbocycles. The monoisotopic (exact) mass is 332 g/mol. The number of hydrogen-bond acceptors (Lipinski definition) is 5. The molecule has 0 spiro atoms. The van der Waals surface area contributed by atoms with Crippen molar-refractivity contribution in [2.24, 2.45) is 5.41 Å². The molecule has 0 radical (unpaired) electrons. The number of carbonyl (C=O) groups is 2. The molecular formula is C15H22F2N2O4. The molecule has 1 aliphatic rings. The first kappa shape index (κ1) is 19.1. The van der Waals surface area contributed by atoms with E-state index >= 15 is 0 Å². The highest BCUT2D eigenvalue weighted by Gasteiger charge is 2.70. The Balaban J connectivity index is 3.01. The average molecular weight is 332 g/mol. The summed E-state index contributed by atoms with van der Waals surface area (Å²) in [6.45, 7) is 7.13. The van der Waals surface area contributed by atoms with Gasteiger partial charge in [-0.15, -0.1) is 0 Å². The van der Waals surface area contributed by atoms with Gasteiger partial charge in [0.1, 0.15) is 5.60 Å². The topological polar surface area (TPSA) is 79.6 Å². The van der Waals surface area contributed by atoms with Gasteiger partial charge in [-0.1, -0.05) is 0 Å². The van der Waals surface area contributed by atoms with Gasteiger partial charge >= 0.3 is 18.0 Å². The molecule has 23 heavy (non-hydrogen) atoms. The summed E-state index contributed by atoms with van der Waals surface area (Å²) in [6, 6.07) is 0.654. The Bertz CT molecular complexity index is 525.